The molecule has 2 amide bonds. The van der Waals surface area contributed by atoms with Crippen LogP contribution in [0.25, 0.3) is 0 Å². The average Bonchev–Trinajstić information content (AvgIpc) is 3.12. The molecule has 1 aliphatic rings. The van der Waals surface area contributed by atoms with Crippen LogP contribution in [-0.4, -0.2) is 47.8 Å². The Bertz CT molecular complexity index is 523. The van der Waals surface area contributed by atoms with Crippen LogP contribution in [0.5, 0.6) is 0 Å². The van der Waals surface area contributed by atoms with Crippen molar-refractivity contribution in [2.75, 3.05) is 31.5 Å². The lowest BCUT2D eigenvalue weighted by molar-refractivity contribution is 0.0354. The van der Waals surface area contributed by atoms with Gasteiger partial charge < -0.3 is 20.6 Å². The van der Waals surface area contributed by atoms with E-state index in [-0.39, 0.29) is 12.6 Å². The first-order chi connectivity index (χ1) is 11.5. The summed E-state index contributed by atoms with van der Waals surface area (Å²) < 4.78 is 0. The first-order valence-electron chi connectivity index (χ1n) is 9.13. The maximum atomic E-state index is 12.0. The molecule has 2 rings (SSSR count). The van der Waals surface area contributed by atoms with Crippen LogP contribution >= 0.6 is 0 Å². The summed E-state index contributed by atoms with van der Waals surface area (Å²) >= 11 is 0. The summed E-state index contributed by atoms with van der Waals surface area (Å²) in [5.74, 6) is 0. The maximum absolute atomic E-state index is 12.0. The van der Waals surface area contributed by atoms with Gasteiger partial charge in [0.25, 0.3) is 0 Å². The predicted molar refractivity (Wildman–Crippen MR) is 98.4 cm³/mol. The zero-order valence-electron chi connectivity index (χ0n) is 15.0. The highest BCUT2D eigenvalue weighted by Crippen LogP contribution is 2.15. The van der Waals surface area contributed by atoms with Gasteiger partial charge in [0.15, 0.2) is 0 Å². The van der Waals surface area contributed by atoms with E-state index in [9.17, 15) is 9.90 Å². The fourth-order valence-corrected chi connectivity index (χ4v) is 3.02. The van der Waals surface area contributed by atoms with Gasteiger partial charge in [-0.1, -0.05) is 26.0 Å². The normalized spacial score (nSPS) is 15.5. The van der Waals surface area contributed by atoms with Crippen LogP contribution in [0.15, 0.2) is 24.3 Å². The molecule has 1 aromatic carbocycles. The van der Waals surface area contributed by atoms with Crippen molar-refractivity contribution >= 4 is 11.7 Å². The Kier molecular flexibility index (Phi) is 7.06. The smallest absolute Gasteiger partial charge is 0.319 e. The maximum Gasteiger partial charge on any atom is 0.319 e. The number of benzene rings is 1. The third kappa shape index (κ3) is 5.80. The Labute approximate surface area is 145 Å². The van der Waals surface area contributed by atoms with Gasteiger partial charge in [-0.2, -0.15) is 0 Å². The number of nitrogens with zero attached hydrogens (tertiary/aromatic N) is 1. The summed E-state index contributed by atoms with van der Waals surface area (Å²) in [6.45, 7) is 7.60. The number of urea groups is 1. The number of rotatable bonds is 8. The van der Waals surface area contributed by atoms with Crippen molar-refractivity contribution in [3.63, 3.8) is 0 Å². The van der Waals surface area contributed by atoms with Crippen molar-refractivity contribution in [2.45, 2.75) is 51.6 Å². The zero-order valence-corrected chi connectivity index (χ0v) is 15.0. The number of anilines is 1. The Morgan fingerprint density at radius 2 is 1.96 bits per heavy atom. The molecule has 0 aliphatic carbocycles. The molecule has 134 valence electrons. The fraction of sp³-hybridized carbons (Fsp3) is 0.632. The minimum absolute atomic E-state index is 0.264. The lowest BCUT2D eigenvalue weighted by Crippen LogP contribution is -2.43. The van der Waals surface area contributed by atoms with Crippen LogP contribution < -0.4 is 10.6 Å². The molecule has 0 unspecified atom stereocenters. The third-order valence-corrected chi connectivity index (χ3v) is 4.99. The molecule has 1 heterocycles. The summed E-state index contributed by atoms with van der Waals surface area (Å²) in [5, 5.41) is 15.8. The quantitative estimate of drug-likeness (QED) is 0.685. The van der Waals surface area contributed by atoms with E-state index in [1.807, 2.05) is 32.0 Å². The summed E-state index contributed by atoms with van der Waals surface area (Å²) in [7, 11) is 0. The third-order valence-electron chi connectivity index (χ3n) is 4.99. The molecule has 0 radical (unpaired) electrons. The largest absolute Gasteiger partial charge is 0.388 e. The van der Waals surface area contributed by atoms with E-state index in [1.54, 1.807) is 0 Å². The van der Waals surface area contributed by atoms with Gasteiger partial charge in [-0.15, -0.1) is 0 Å². The molecule has 1 aliphatic heterocycles. The molecule has 0 aromatic heterocycles. The van der Waals surface area contributed by atoms with Gasteiger partial charge in [-0.3, -0.25) is 0 Å². The lowest BCUT2D eigenvalue weighted by atomic mass is 9.98. The highest BCUT2D eigenvalue weighted by molar-refractivity contribution is 5.89. The monoisotopic (exact) mass is 333 g/mol. The summed E-state index contributed by atoms with van der Waals surface area (Å²) in [6.07, 6.45) is 4.86. The Morgan fingerprint density at radius 3 is 2.62 bits per heavy atom. The van der Waals surface area contributed by atoms with E-state index in [2.05, 4.69) is 21.6 Å². The van der Waals surface area contributed by atoms with Crippen LogP contribution in [0.4, 0.5) is 10.5 Å². The van der Waals surface area contributed by atoms with E-state index in [1.165, 1.54) is 31.5 Å². The first-order valence-corrected chi connectivity index (χ1v) is 9.13. The minimum atomic E-state index is -0.824. The van der Waals surface area contributed by atoms with E-state index in [0.29, 0.717) is 12.8 Å². The number of amides is 2. The topological polar surface area (TPSA) is 64.6 Å². The average molecular weight is 333 g/mol. The van der Waals surface area contributed by atoms with Crippen molar-refractivity contribution in [1.82, 2.24) is 10.2 Å². The molecule has 24 heavy (non-hydrogen) atoms. The molecule has 1 aromatic rings. The second kappa shape index (κ2) is 9.04. The van der Waals surface area contributed by atoms with E-state index in [0.717, 1.165) is 18.7 Å². The van der Waals surface area contributed by atoms with E-state index >= 15 is 0 Å². The van der Waals surface area contributed by atoms with Gasteiger partial charge in [0.05, 0.1) is 5.60 Å². The molecule has 3 N–H and O–H groups in total. The summed E-state index contributed by atoms with van der Waals surface area (Å²) in [6, 6.07) is 7.73. The van der Waals surface area contributed by atoms with Gasteiger partial charge in [0.2, 0.25) is 0 Å². The highest BCUT2D eigenvalue weighted by atomic mass is 16.3. The molecule has 1 saturated heterocycles. The Hall–Kier alpha value is -1.59. The fourth-order valence-electron chi connectivity index (χ4n) is 3.02. The minimum Gasteiger partial charge on any atom is -0.388 e. The van der Waals surface area contributed by atoms with Gasteiger partial charge in [0, 0.05) is 18.8 Å². The predicted octanol–water partition coefficient (Wildman–Crippen LogP) is 3.00. The molecule has 5 heteroatoms. The van der Waals surface area contributed by atoms with Gasteiger partial charge in [-0.05, 0) is 62.9 Å². The molecule has 0 bridgehead atoms. The van der Waals surface area contributed by atoms with Crippen molar-refractivity contribution in [1.29, 1.82) is 0 Å². The molecule has 0 atom stereocenters. The molecule has 1 fully saturated rings. The van der Waals surface area contributed by atoms with Crippen molar-refractivity contribution in [2.24, 2.45) is 0 Å². The SMILES string of the molecule is CCC(O)(CC)CNC(=O)Nc1cccc(CCN2CCCC2)c1. The van der Waals surface area contributed by atoms with Gasteiger partial charge in [0.1, 0.15) is 0 Å². The van der Waals surface area contributed by atoms with E-state index in [4.69, 9.17) is 0 Å². The van der Waals surface area contributed by atoms with Gasteiger partial charge in [-0.25, -0.2) is 4.79 Å². The van der Waals surface area contributed by atoms with Crippen LogP contribution in [0.3, 0.4) is 0 Å². The molecular weight excluding hydrogens is 302 g/mol. The zero-order chi connectivity index (χ0) is 17.4. The second-order valence-corrected chi connectivity index (χ2v) is 6.74. The van der Waals surface area contributed by atoms with Gasteiger partial charge >= 0.3 is 6.03 Å². The summed E-state index contributed by atoms with van der Waals surface area (Å²) in [5.41, 5.74) is 1.20. The number of hydrogen-bond donors (Lipinski definition) is 3. The van der Waals surface area contributed by atoms with Crippen molar-refractivity contribution in [3.05, 3.63) is 29.8 Å². The molecule has 0 saturated carbocycles. The Morgan fingerprint density at radius 1 is 1.25 bits per heavy atom. The van der Waals surface area contributed by atoms with Crippen LogP contribution in [-0.2, 0) is 6.42 Å². The van der Waals surface area contributed by atoms with Crippen LogP contribution in [0.1, 0.15) is 45.1 Å². The first kappa shape index (κ1) is 18.7. The second-order valence-electron chi connectivity index (χ2n) is 6.74. The van der Waals surface area contributed by atoms with Crippen LogP contribution in [0, 0.1) is 0 Å². The van der Waals surface area contributed by atoms with Crippen molar-refractivity contribution in [3.8, 4) is 0 Å². The highest BCUT2D eigenvalue weighted by Gasteiger charge is 2.22. The standard InChI is InChI=1S/C19H31N3O2/c1-3-19(24,4-2)15-20-18(23)21-17-9-7-8-16(14-17)10-13-22-11-5-6-12-22/h7-9,14,24H,3-6,10-13,15H2,1-2H3,(H2,20,21,23). The number of likely N-dealkylation sites (tertiary alicyclic amines) is 1. The van der Waals surface area contributed by atoms with E-state index < -0.39 is 5.60 Å². The number of hydrogen-bond acceptors (Lipinski definition) is 3. The van der Waals surface area contributed by atoms with Crippen LogP contribution in [0.2, 0.25) is 0 Å². The molecule has 5 nitrogen and oxygen atoms in total. The number of nitrogens with one attached hydrogen (secondary N) is 2. The lowest BCUT2D eigenvalue weighted by Gasteiger charge is -2.25. The summed E-state index contributed by atoms with van der Waals surface area (Å²) in [4.78, 5) is 14.5. The molecule has 0 spiro atoms. The number of carbonyl (C=O) groups excluding carboxylic acids is 1. The number of aliphatic hydroxyl groups is 1. The number of carbonyl (C=O) groups is 1. The Balaban J connectivity index is 1.81. The molecular formula is C19H31N3O2. The van der Waals surface area contributed by atoms with Crippen molar-refractivity contribution < 1.29 is 9.90 Å².